The van der Waals surface area contributed by atoms with Crippen molar-refractivity contribution in [2.75, 3.05) is 20.1 Å². The van der Waals surface area contributed by atoms with Crippen LogP contribution in [-0.4, -0.2) is 25.0 Å². The molecule has 1 aromatic carbocycles. The lowest BCUT2D eigenvalue weighted by atomic mass is 9.88. The molecular weight excluding hydrogens is 312 g/mol. The Balaban J connectivity index is 2.03. The number of nitrogens with zero attached hydrogens (tertiary/aromatic N) is 1. The minimum atomic E-state index is 0.337. The van der Waals surface area contributed by atoms with Gasteiger partial charge in [0.25, 0.3) is 0 Å². The van der Waals surface area contributed by atoms with Crippen molar-refractivity contribution >= 4 is 15.9 Å². The molecule has 0 amide bonds. The Morgan fingerprint density at radius 3 is 2.60 bits per heavy atom. The molecule has 1 unspecified atom stereocenters. The molecule has 0 spiro atoms. The summed E-state index contributed by atoms with van der Waals surface area (Å²) in [5.74, 6) is 0.861. The molecule has 0 saturated heterocycles. The maximum atomic E-state index is 6.05. The summed E-state index contributed by atoms with van der Waals surface area (Å²) in [7, 11) is 2.23. The predicted molar refractivity (Wildman–Crippen MR) is 89.9 cm³/mol. The summed E-state index contributed by atoms with van der Waals surface area (Å²) >= 11 is 3.57. The van der Waals surface area contributed by atoms with Crippen molar-refractivity contribution in [3.05, 3.63) is 33.8 Å². The molecule has 0 aliphatic heterocycles. The molecule has 1 saturated carbocycles. The Morgan fingerprint density at radius 1 is 1.30 bits per heavy atom. The van der Waals surface area contributed by atoms with E-state index in [2.05, 4.69) is 53.0 Å². The van der Waals surface area contributed by atoms with Crippen LogP contribution in [0.1, 0.15) is 49.3 Å². The van der Waals surface area contributed by atoms with E-state index in [1.54, 1.807) is 0 Å². The van der Waals surface area contributed by atoms with Crippen molar-refractivity contribution in [1.29, 1.82) is 0 Å². The normalized spacial score (nSPS) is 18.4. The van der Waals surface area contributed by atoms with Crippen molar-refractivity contribution in [2.24, 2.45) is 11.7 Å². The summed E-state index contributed by atoms with van der Waals surface area (Å²) < 4.78 is 1.17. The van der Waals surface area contributed by atoms with E-state index >= 15 is 0 Å². The fourth-order valence-electron chi connectivity index (χ4n) is 3.35. The van der Waals surface area contributed by atoms with E-state index in [-0.39, 0.29) is 0 Å². The number of halogens is 1. The second-order valence-electron chi connectivity index (χ2n) is 6.20. The van der Waals surface area contributed by atoms with Gasteiger partial charge in [-0.15, -0.1) is 0 Å². The van der Waals surface area contributed by atoms with Crippen LogP contribution >= 0.6 is 15.9 Å². The number of aryl methyl sites for hydroxylation is 1. The molecule has 1 aromatic rings. The van der Waals surface area contributed by atoms with E-state index in [1.165, 1.54) is 54.2 Å². The van der Waals surface area contributed by atoms with Crippen LogP contribution in [0.3, 0.4) is 0 Å². The molecule has 3 heteroatoms. The Hall–Kier alpha value is -0.380. The smallest absolute Gasteiger partial charge is 0.0467 e. The Kier molecular flexibility index (Phi) is 6.06. The topological polar surface area (TPSA) is 29.3 Å². The minimum absolute atomic E-state index is 0.337. The summed E-state index contributed by atoms with van der Waals surface area (Å²) in [5, 5.41) is 0. The zero-order valence-corrected chi connectivity index (χ0v) is 14.3. The van der Waals surface area contributed by atoms with Crippen LogP contribution in [0.5, 0.6) is 0 Å². The van der Waals surface area contributed by atoms with Crippen LogP contribution in [0, 0.1) is 12.8 Å². The highest BCUT2D eigenvalue weighted by molar-refractivity contribution is 9.10. The SMILES string of the molecule is Cc1cc(C(CN)N(C)CC2CCCCC2)ccc1Br. The van der Waals surface area contributed by atoms with Gasteiger partial charge in [-0.25, -0.2) is 0 Å². The molecule has 1 fully saturated rings. The Bertz CT molecular complexity index is 427. The lowest BCUT2D eigenvalue weighted by Crippen LogP contribution is -2.34. The first-order valence-electron chi connectivity index (χ1n) is 7.78. The molecule has 1 atom stereocenters. The van der Waals surface area contributed by atoms with Gasteiger partial charge < -0.3 is 5.73 Å². The van der Waals surface area contributed by atoms with E-state index in [9.17, 15) is 0 Å². The molecule has 0 heterocycles. The van der Waals surface area contributed by atoms with Crippen LogP contribution < -0.4 is 5.73 Å². The fraction of sp³-hybridized carbons (Fsp3) is 0.647. The Morgan fingerprint density at radius 2 is 2.00 bits per heavy atom. The minimum Gasteiger partial charge on any atom is -0.329 e. The van der Waals surface area contributed by atoms with Crippen LogP contribution in [0.2, 0.25) is 0 Å². The van der Waals surface area contributed by atoms with Crippen molar-refractivity contribution in [3.63, 3.8) is 0 Å². The van der Waals surface area contributed by atoms with Crippen molar-refractivity contribution < 1.29 is 0 Å². The summed E-state index contributed by atoms with van der Waals surface area (Å²) in [5.41, 5.74) is 8.67. The number of rotatable bonds is 5. The third-order valence-electron chi connectivity index (χ3n) is 4.59. The second kappa shape index (κ2) is 7.58. The number of benzene rings is 1. The zero-order valence-electron chi connectivity index (χ0n) is 12.7. The molecule has 1 aliphatic rings. The van der Waals surface area contributed by atoms with E-state index < -0.39 is 0 Å². The maximum Gasteiger partial charge on any atom is 0.0467 e. The summed E-state index contributed by atoms with van der Waals surface area (Å²) in [4.78, 5) is 2.46. The molecule has 2 rings (SSSR count). The average Bonchev–Trinajstić information content (AvgIpc) is 2.44. The van der Waals surface area contributed by atoms with Crippen molar-refractivity contribution in [3.8, 4) is 0 Å². The van der Waals surface area contributed by atoms with Gasteiger partial charge in [-0.3, -0.25) is 4.90 Å². The maximum absolute atomic E-state index is 6.05. The van der Waals surface area contributed by atoms with Crippen molar-refractivity contribution in [2.45, 2.75) is 45.1 Å². The average molecular weight is 339 g/mol. The van der Waals surface area contributed by atoms with Gasteiger partial charge in [0.15, 0.2) is 0 Å². The summed E-state index contributed by atoms with van der Waals surface area (Å²) in [6, 6.07) is 6.94. The quantitative estimate of drug-likeness (QED) is 0.868. The van der Waals surface area contributed by atoms with Gasteiger partial charge in [-0.1, -0.05) is 47.3 Å². The van der Waals surface area contributed by atoms with Crippen molar-refractivity contribution in [1.82, 2.24) is 4.90 Å². The van der Waals surface area contributed by atoms with Gasteiger partial charge in [0, 0.05) is 23.6 Å². The molecular formula is C17H27BrN2. The number of likely N-dealkylation sites (N-methyl/N-ethyl adjacent to an activating group) is 1. The molecule has 0 radical (unpaired) electrons. The molecule has 2 N–H and O–H groups in total. The molecule has 20 heavy (non-hydrogen) atoms. The second-order valence-corrected chi connectivity index (χ2v) is 7.06. The van der Waals surface area contributed by atoms with E-state index in [0.29, 0.717) is 12.6 Å². The van der Waals surface area contributed by atoms with Gasteiger partial charge in [-0.05, 0) is 49.9 Å². The largest absolute Gasteiger partial charge is 0.329 e. The molecule has 1 aliphatic carbocycles. The molecule has 2 nitrogen and oxygen atoms in total. The first-order chi connectivity index (χ1) is 9.61. The third kappa shape index (κ3) is 4.06. The number of hydrogen-bond donors (Lipinski definition) is 1. The van der Waals surface area contributed by atoms with Crippen LogP contribution in [-0.2, 0) is 0 Å². The summed E-state index contributed by atoms with van der Waals surface area (Å²) in [6.45, 7) is 4.00. The number of hydrogen-bond acceptors (Lipinski definition) is 2. The van der Waals surface area contributed by atoms with E-state index in [0.717, 1.165) is 5.92 Å². The lowest BCUT2D eigenvalue weighted by molar-refractivity contribution is 0.185. The first kappa shape index (κ1) is 16.0. The van der Waals surface area contributed by atoms with Gasteiger partial charge in [0.05, 0.1) is 0 Å². The molecule has 0 bridgehead atoms. The Labute approximate surface area is 131 Å². The standard InChI is InChI=1S/C17H27BrN2/c1-13-10-15(8-9-16(13)18)17(11-19)20(2)12-14-6-4-3-5-7-14/h8-10,14,17H,3-7,11-12,19H2,1-2H3. The summed E-state index contributed by atoms with van der Waals surface area (Å²) in [6.07, 6.45) is 7.01. The third-order valence-corrected chi connectivity index (χ3v) is 5.48. The van der Waals surface area contributed by atoms with Gasteiger partial charge in [0.1, 0.15) is 0 Å². The zero-order chi connectivity index (χ0) is 14.5. The van der Waals surface area contributed by atoms with E-state index in [1.807, 2.05) is 0 Å². The van der Waals surface area contributed by atoms with Crippen LogP contribution in [0.15, 0.2) is 22.7 Å². The van der Waals surface area contributed by atoms with Gasteiger partial charge in [-0.2, -0.15) is 0 Å². The van der Waals surface area contributed by atoms with Crippen LogP contribution in [0.4, 0.5) is 0 Å². The van der Waals surface area contributed by atoms with Crippen LogP contribution in [0.25, 0.3) is 0 Å². The fourth-order valence-corrected chi connectivity index (χ4v) is 3.60. The van der Waals surface area contributed by atoms with Gasteiger partial charge in [0.2, 0.25) is 0 Å². The highest BCUT2D eigenvalue weighted by Crippen LogP contribution is 2.28. The highest BCUT2D eigenvalue weighted by atomic mass is 79.9. The first-order valence-corrected chi connectivity index (χ1v) is 8.57. The monoisotopic (exact) mass is 338 g/mol. The lowest BCUT2D eigenvalue weighted by Gasteiger charge is -2.32. The van der Waals surface area contributed by atoms with Gasteiger partial charge >= 0.3 is 0 Å². The van der Waals surface area contributed by atoms with E-state index in [4.69, 9.17) is 5.73 Å². The molecule has 112 valence electrons. The molecule has 0 aromatic heterocycles. The predicted octanol–water partition coefficient (Wildman–Crippen LogP) is 4.27. The number of nitrogens with two attached hydrogens (primary N) is 1. The highest BCUT2D eigenvalue weighted by Gasteiger charge is 2.21.